The summed E-state index contributed by atoms with van der Waals surface area (Å²) in [5, 5.41) is 0.908. The smallest absolute Gasteiger partial charge is 0.347 e. The van der Waals surface area contributed by atoms with Gasteiger partial charge in [0, 0.05) is 12.0 Å². The van der Waals surface area contributed by atoms with E-state index in [2.05, 4.69) is 4.74 Å². The van der Waals surface area contributed by atoms with Crippen LogP contribution in [0.15, 0.2) is 12.1 Å². The van der Waals surface area contributed by atoms with Crippen LogP contribution in [-0.4, -0.2) is 19.2 Å². The third kappa shape index (κ3) is 1.77. The average Bonchev–Trinajstić information content (AvgIpc) is 2.67. The van der Waals surface area contributed by atoms with Crippen molar-refractivity contribution in [3.05, 3.63) is 27.7 Å². The third-order valence-corrected chi connectivity index (χ3v) is 3.12. The Labute approximate surface area is 96.9 Å². The molecule has 15 heavy (non-hydrogen) atoms. The predicted molar refractivity (Wildman–Crippen MR) is 56.6 cm³/mol. The van der Waals surface area contributed by atoms with Crippen molar-refractivity contribution in [2.24, 2.45) is 0 Å². The molecule has 0 spiro atoms. The van der Waals surface area contributed by atoms with Gasteiger partial charge < -0.3 is 9.47 Å². The lowest BCUT2D eigenvalue weighted by Crippen LogP contribution is -2.26. The Morgan fingerprint density at radius 2 is 2.27 bits per heavy atom. The van der Waals surface area contributed by atoms with E-state index in [1.54, 1.807) is 12.1 Å². The molecule has 0 fully saturated rings. The third-order valence-electron chi connectivity index (χ3n) is 2.28. The SMILES string of the molecule is COC(=O)C1Cc2c(ccc(Cl)c2Cl)O1. The summed E-state index contributed by atoms with van der Waals surface area (Å²) in [4.78, 5) is 11.3. The lowest BCUT2D eigenvalue weighted by atomic mass is 10.1. The lowest BCUT2D eigenvalue weighted by molar-refractivity contribution is -0.147. The molecule has 0 aliphatic carbocycles. The van der Waals surface area contributed by atoms with E-state index in [0.29, 0.717) is 22.2 Å². The second kappa shape index (κ2) is 3.91. The second-order valence-electron chi connectivity index (χ2n) is 3.17. The van der Waals surface area contributed by atoms with Crippen molar-refractivity contribution in [1.82, 2.24) is 0 Å². The fourth-order valence-electron chi connectivity index (χ4n) is 1.52. The summed E-state index contributed by atoms with van der Waals surface area (Å²) in [6.07, 6.45) is -0.206. The molecule has 1 aliphatic rings. The van der Waals surface area contributed by atoms with Crippen LogP contribution in [0.3, 0.4) is 0 Å². The van der Waals surface area contributed by atoms with Crippen molar-refractivity contribution < 1.29 is 14.3 Å². The Morgan fingerprint density at radius 1 is 1.53 bits per heavy atom. The van der Waals surface area contributed by atoms with Crippen LogP contribution >= 0.6 is 23.2 Å². The summed E-state index contributed by atoms with van der Waals surface area (Å²) in [5.74, 6) is 0.193. The normalized spacial score (nSPS) is 18.2. The van der Waals surface area contributed by atoms with Crippen LogP contribution in [-0.2, 0) is 16.0 Å². The van der Waals surface area contributed by atoms with Gasteiger partial charge in [-0.3, -0.25) is 0 Å². The Hall–Kier alpha value is -0.930. The first kappa shape index (κ1) is 10.6. The van der Waals surface area contributed by atoms with E-state index in [9.17, 15) is 4.79 Å². The van der Waals surface area contributed by atoms with Crippen molar-refractivity contribution in [2.75, 3.05) is 7.11 Å². The molecule has 0 amide bonds. The maximum atomic E-state index is 11.3. The highest BCUT2D eigenvalue weighted by Crippen LogP contribution is 2.38. The highest BCUT2D eigenvalue weighted by Gasteiger charge is 2.31. The first-order chi connectivity index (χ1) is 7.13. The summed E-state index contributed by atoms with van der Waals surface area (Å²) >= 11 is 11.8. The minimum absolute atomic E-state index is 0.404. The zero-order chi connectivity index (χ0) is 11.0. The van der Waals surface area contributed by atoms with Gasteiger partial charge in [-0.2, -0.15) is 0 Å². The van der Waals surface area contributed by atoms with E-state index >= 15 is 0 Å². The predicted octanol–water partition coefficient (Wildman–Crippen LogP) is 2.47. The van der Waals surface area contributed by atoms with Crippen LogP contribution in [0, 0.1) is 0 Å². The molecule has 1 aromatic carbocycles. The number of carbonyl (C=O) groups is 1. The van der Waals surface area contributed by atoms with Crippen LogP contribution < -0.4 is 4.74 Å². The number of halogens is 2. The van der Waals surface area contributed by atoms with Crippen LogP contribution in [0.5, 0.6) is 5.75 Å². The first-order valence-electron chi connectivity index (χ1n) is 4.35. The van der Waals surface area contributed by atoms with Gasteiger partial charge in [0.05, 0.1) is 17.2 Å². The van der Waals surface area contributed by atoms with Crippen LogP contribution in [0.4, 0.5) is 0 Å². The standard InChI is InChI=1S/C10H8Cl2O3/c1-14-10(13)8-4-5-7(15-8)3-2-6(11)9(5)12/h2-3,8H,4H2,1H3. The summed E-state index contributed by atoms with van der Waals surface area (Å²) in [6.45, 7) is 0. The Balaban J connectivity index is 2.31. The van der Waals surface area contributed by atoms with E-state index in [-0.39, 0.29) is 0 Å². The van der Waals surface area contributed by atoms with Crippen LogP contribution in [0.1, 0.15) is 5.56 Å². The number of rotatable bonds is 1. The van der Waals surface area contributed by atoms with Gasteiger partial charge in [-0.25, -0.2) is 4.79 Å². The molecule has 5 heteroatoms. The summed E-state index contributed by atoms with van der Waals surface area (Å²) in [5.41, 5.74) is 0.763. The largest absolute Gasteiger partial charge is 0.478 e. The number of ether oxygens (including phenoxy) is 2. The molecule has 80 valence electrons. The molecule has 0 aromatic heterocycles. The molecule has 0 radical (unpaired) electrons. The van der Waals surface area contributed by atoms with Gasteiger partial charge >= 0.3 is 5.97 Å². The van der Waals surface area contributed by atoms with Gasteiger partial charge in [0.2, 0.25) is 0 Å². The molecule has 0 saturated heterocycles. The number of benzene rings is 1. The molecular formula is C10H8Cl2O3. The number of fused-ring (bicyclic) bond motifs is 1. The Bertz CT molecular complexity index is 417. The number of carbonyl (C=O) groups excluding carboxylic acids is 1. The van der Waals surface area contributed by atoms with Crippen molar-refractivity contribution in [3.8, 4) is 5.75 Å². The van der Waals surface area contributed by atoms with Gasteiger partial charge in [0.1, 0.15) is 5.75 Å². The summed E-state index contributed by atoms with van der Waals surface area (Å²) in [7, 11) is 1.32. The van der Waals surface area contributed by atoms with E-state index in [1.807, 2.05) is 0 Å². The molecule has 0 N–H and O–H groups in total. The van der Waals surface area contributed by atoms with Gasteiger partial charge in [0.15, 0.2) is 6.10 Å². The quantitative estimate of drug-likeness (QED) is 0.715. The molecule has 0 bridgehead atoms. The van der Waals surface area contributed by atoms with Crippen molar-refractivity contribution in [1.29, 1.82) is 0 Å². The second-order valence-corrected chi connectivity index (χ2v) is 3.96. The zero-order valence-electron chi connectivity index (χ0n) is 7.92. The molecule has 0 saturated carbocycles. The molecule has 3 nitrogen and oxygen atoms in total. The first-order valence-corrected chi connectivity index (χ1v) is 5.10. The van der Waals surface area contributed by atoms with E-state index in [1.165, 1.54) is 7.11 Å². The van der Waals surface area contributed by atoms with Crippen molar-refractivity contribution in [2.45, 2.75) is 12.5 Å². The Kier molecular flexibility index (Phi) is 2.76. The van der Waals surface area contributed by atoms with Gasteiger partial charge in [-0.05, 0) is 12.1 Å². The number of hydrogen-bond acceptors (Lipinski definition) is 3. The lowest BCUT2D eigenvalue weighted by Gasteiger charge is -2.06. The van der Waals surface area contributed by atoms with Crippen LogP contribution in [0.2, 0.25) is 10.0 Å². The highest BCUT2D eigenvalue weighted by atomic mass is 35.5. The molecule has 1 aromatic rings. The topological polar surface area (TPSA) is 35.5 Å². The number of methoxy groups -OCH3 is 1. The maximum Gasteiger partial charge on any atom is 0.347 e. The summed E-state index contributed by atoms with van der Waals surface area (Å²) in [6, 6.07) is 3.34. The molecule has 1 unspecified atom stereocenters. The average molecular weight is 247 g/mol. The van der Waals surface area contributed by atoms with Crippen LogP contribution in [0.25, 0.3) is 0 Å². The fraction of sp³-hybridized carbons (Fsp3) is 0.300. The van der Waals surface area contributed by atoms with E-state index in [4.69, 9.17) is 27.9 Å². The molecule has 2 rings (SSSR count). The fourth-order valence-corrected chi connectivity index (χ4v) is 1.93. The number of esters is 1. The van der Waals surface area contributed by atoms with Crippen molar-refractivity contribution in [3.63, 3.8) is 0 Å². The summed E-state index contributed by atoms with van der Waals surface area (Å²) < 4.78 is 9.97. The minimum Gasteiger partial charge on any atom is -0.478 e. The van der Waals surface area contributed by atoms with Gasteiger partial charge in [-0.1, -0.05) is 23.2 Å². The monoisotopic (exact) mass is 246 g/mol. The molecule has 1 aliphatic heterocycles. The molecule has 1 atom stereocenters. The van der Waals surface area contributed by atoms with E-state index < -0.39 is 12.1 Å². The number of hydrogen-bond donors (Lipinski definition) is 0. The molecular weight excluding hydrogens is 239 g/mol. The minimum atomic E-state index is -0.610. The van der Waals surface area contributed by atoms with Gasteiger partial charge in [0.25, 0.3) is 0 Å². The maximum absolute atomic E-state index is 11.3. The highest BCUT2D eigenvalue weighted by molar-refractivity contribution is 6.42. The zero-order valence-corrected chi connectivity index (χ0v) is 9.43. The van der Waals surface area contributed by atoms with Crippen molar-refractivity contribution >= 4 is 29.2 Å². The Morgan fingerprint density at radius 3 is 2.93 bits per heavy atom. The van der Waals surface area contributed by atoms with Gasteiger partial charge in [-0.15, -0.1) is 0 Å². The molecule has 1 heterocycles. The van der Waals surface area contributed by atoms with E-state index in [0.717, 1.165) is 5.56 Å².